The van der Waals surface area contributed by atoms with Gasteiger partial charge in [0.2, 0.25) is 0 Å². The Hall–Kier alpha value is -3.05. The fourth-order valence-electron chi connectivity index (χ4n) is 2.75. The SMILES string of the molecule is CCN(C(=O)c1cc(Nc2cc(Cl)ccc2OC)ccn1)c1ccccc1. The molecule has 3 rings (SSSR count). The van der Waals surface area contributed by atoms with Crippen LogP contribution in [0.2, 0.25) is 5.02 Å². The van der Waals surface area contributed by atoms with E-state index in [0.717, 1.165) is 11.4 Å². The standard InChI is InChI=1S/C21H20ClN3O2/c1-3-25(17-7-5-4-6-8-17)21(26)19-14-16(11-12-23-19)24-18-13-15(22)9-10-20(18)27-2/h4-14H,3H2,1-2H3,(H,23,24). The van der Waals surface area contributed by atoms with E-state index in [2.05, 4.69) is 10.3 Å². The number of benzene rings is 2. The molecule has 1 heterocycles. The summed E-state index contributed by atoms with van der Waals surface area (Å²) in [5.74, 6) is 0.494. The summed E-state index contributed by atoms with van der Waals surface area (Å²) in [5.41, 5.74) is 2.62. The minimum atomic E-state index is -0.162. The molecular formula is C21H20ClN3O2. The van der Waals surface area contributed by atoms with Crippen LogP contribution in [0.5, 0.6) is 5.75 Å². The van der Waals surface area contributed by atoms with Crippen LogP contribution >= 0.6 is 11.6 Å². The molecule has 0 aliphatic heterocycles. The average molecular weight is 382 g/mol. The van der Waals surface area contributed by atoms with Crippen LogP contribution in [0.25, 0.3) is 0 Å². The molecular weight excluding hydrogens is 362 g/mol. The molecule has 138 valence electrons. The second kappa shape index (κ2) is 8.56. The van der Waals surface area contributed by atoms with Crippen molar-refractivity contribution in [3.63, 3.8) is 0 Å². The molecule has 0 saturated heterocycles. The molecule has 0 radical (unpaired) electrons. The predicted molar refractivity (Wildman–Crippen MR) is 109 cm³/mol. The Morgan fingerprint density at radius 3 is 2.63 bits per heavy atom. The molecule has 1 N–H and O–H groups in total. The van der Waals surface area contributed by atoms with Crippen molar-refractivity contribution in [1.82, 2.24) is 4.98 Å². The number of rotatable bonds is 6. The van der Waals surface area contributed by atoms with E-state index >= 15 is 0 Å². The highest BCUT2D eigenvalue weighted by Crippen LogP contribution is 2.30. The lowest BCUT2D eigenvalue weighted by molar-refractivity contribution is 0.0983. The van der Waals surface area contributed by atoms with E-state index in [1.54, 1.807) is 48.5 Å². The number of ether oxygens (including phenoxy) is 1. The zero-order chi connectivity index (χ0) is 19.2. The molecule has 0 unspecified atom stereocenters. The van der Waals surface area contributed by atoms with Gasteiger partial charge in [-0.15, -0.1) is 0 Å². The number of nitrogens with zero attached hydrogens (tertiary/aromatic N) is 2. The monoisotopic (exact) mass is 381 g/mol. The number of aromatic nitrogens is 1. The van der Waals surface area contributed by atoms with Crippen molar-refractivity contribution in [2.45, 2.75) is 6.92 Å². The van der Waals surface area contributed by atoms with Crippen LogP contribution in [0.4, 0.5) is 17.1 Å². The van der Waals surface area contributed by atoms with Gasteiger partial charge in [0.25, 0.3) is 5.91 Å². The minimum Gasteiger partial charge on any atom is -0.495 e. The molecule has 0 saturated carbocycles. The summed E-state index contributed by atoms with van der Waals surface area (Å²) >= 11 is 6.08. The molecule has 2 aromatic carbocycles. The number of hydrogen-bond acceptors (Lipinski definition) is 4. The van der Waals surface area contributed by atoms with E-state index in [-0.39, 0.29) is 5.91 Å². The molecule has 0 atom stereocenters. The summed E-state index contributed by atoms with van der Waals surface area (Å²) in [4.78, 5) is 18.9. The van der Waals surface area contributed by atoms with Gasteiger partial charge in [0.15, 0.2) is 0 Å². The van der Waals surface area contributed by atoms with E-state index in [4.69, 9.17) is 16.3 Å². The predicted octanol–water partition coefficient (Wildman–Crippen LogP) is 5.15. The number of nitrogens with one attached hydrogen (secondary N) is 1. The third-order valence-corrected chi connectivity index (χ3v) is 4.28. The van der Waals surface area contributed by atoms with Crippen molar-refractivity contribution in [1.29, 1.82) is 0 Å². The van der Waals surface area contributed by atoms with Crippen molar-refractivity contribution in [2.24, 2.45) is 0 Å². The van der Waals surface area contributed by atoms with E-state index in [0.29, 0.717) is 28.7 Å². The van der Waals surface area contributed by atoms with Gasteiger partial charge in [-0.1, -0.05) is 29.8 Å². The highest BCUT2D eigenvalue weighted by Gasteiger charge is 2.17. The number of carbonyl (C=O) groups is 1. The molecule has 1 aromatic heterocycles. The van der Waals surface area contributed by atoms with Crippen LogP contribution in [0.15, 0.2) is 66.9 Å². The maximum atomic E-state index is 12.9. The molecule has 0 bridgehead atoms. The van der Waals surface area contributed by atoms with Crippen LogP contribution in [-0.4, -0.2) is 24.5 Å². The molecule has 3 aromatic rings. The van der Waals surface area contributed by atoms with E-state index in [1.165, 1.54) is 0 Å². The first-order valence-corrected chi connectivity index (χ1v) is 8.93. The van der Waals surface area contributed by atoms with Gasteiger partial charge in [-0.05, 0) is 49.4 Å². The second-order valence-corrected chi connectivity index (χ2v) is 6.22. The van der Waals surface area contributed by atoms with Crippen LogP contribution in [0.3, 0.4) is 0 Å². The third-order valence-electron chi connectivity index (χ3n) is 4.05. The Labute approximate surface area is 163 Å². The Bertz CT molecular complexity index is 932. The molecule has 27 heavy (non-hydrogen) atoms. The first-order chi connectivity index (χ1) is 13.1. The number of pyridine rings is 1. The molecule has 0 aliphatic rings. The van der Waals surface area contributed by atoms with E-state index < -0.39 is 0 Å². The number of anilines is 3. The highest BCUT2D eigenvalue weighted by molar-refractivity contribution is 6.31. The summed E-state index contributed by atoms with van der Waals surface area (Å²) in [5, 5.41) is 3.82. The highest BCUT2D eigenvalue weighted by atomic mass is 35.5. The van der Waals surface area contributed by atoms with Crippen LogP contribution in [0.1, 0.15) is 17.4 Å². The molecule has 1 amide bonds. The minimum absolute atomic E-state index is 0.162. The van der Waals surface area contributed by atoms with E-state index in [1.807, 2.05) is 37.3 Å². The normalized spacial score (nSPS) is 10.3. The van der Waals surface area contributed by atoms with Gasteiger partial charge >= 0.3 is 0 Å². The largest absolute Gasteiger partial charge is 0.495 e. The van der Waals surface area contributed by atoms with Gasteiger partial charge in [-0.3, -0.25) is 9.78 Å². The van der Waals surface area contributed by atoms with Crippen molar-refractivity contribution in [2.75, 3.05) is 23.9 Å². The maximum absolute atomic E-state index is 12.9. The Kier molecular flexibility index (Phi) is 5.94. The lowest BCUT2D eigenvalue weighted by atomic mass is 10.2. The number of hydrogen-bond donors (Lipinski definition) is 1. The fraction of sp³-hybridized carbons (Fsp3) is 0.143. The number of para-hydroxylation sites is 1. The van der Waals surface area contributed by atoms with Crippen LogP contribution in [-0.2, 0) is 0 Å². The zero-order valence-electron chi connectivity index (χ0n) is 15.1. The van der Waals surface area contributed by atoms with Gasteiger partial charge in [0.1, 0.15) is 11.4 Å². The van der Waals surface area contributed by atoms with Crippen LogP contribution < -0.4 is 15.0 Å². The van der Waals surface area contributed by atoms with Crippen LogP contribution in [0, 0.1) is 0 Å². The van der Waals surface area contributed by atoms with Crippen molar-refractivity contribution < 1.29 is 9.53 Å². The summed E-state index contributed by atoms with van der Waals surface area (Å²) in [6, 6.07) is 18.3. The zero-order valence-corrected chi connectivity index (χ0v) is 15.9. The average Bonchev–Trinajstić information content (AvgIpc) is 2.70. The number of methoxy groups -OCH3 is 1. The number of amides is 1. The summed E-state index contributed by atoms with van der Waals surface area (Å²) in [6.45, 7) is 2.48. The van der Waals surface area contributed by atoms with Crippen molar-refractivity contribution in [3.05, 3.63) is 77.6 Å². The smallest absolute Gasteiger partial charge is 0.276 e. The third kappa shape index (κ3) is 4.38. The summed E-state index contributed by atoms with van der Waals surface area (Å²) in [6.07, 6.45) is 1.60. The molecule has 5 nitrogen and oxygen atoms in total. The van der Waals surface area contributed by atoms with Gasteiger partial charge < -0.3 is 15.0 Å². The fourth-order valence-corrected chi connectivity index (χ4v) is 2.92. The summed E-state index contributed by atoms with van der Waals surface area (Å²) in [7, 11) is 1.59. The van der Waals surface area contributed by atoms with Gasteiger partial charge in [0, 0.05) is 29.1 Å². The Morgan fingerprint density at radius 1 is 1.15 bits per heavy atom. The molecule has 0 aliphatic carbocycles. The quantitative estimate of drug-likeness (QED) is 0.641. The maximum Gasteiger partial charge on any atom is 0.276 e. The topological polar surface area (TPSA) is 54.5 Å². The van der Waals surface area contributed by atoms with Crippen molar-refractivity contribution in [3.8, 4) is 5.75 Å². The lowest BCUT2D eigenvalue weighted by Crippen LogP contribution is -2.31. The lowest BCUT2D eigenvalue weighted by Gasteiger charge is -2.21. The summed E-state index contributed by atoms with van der Waals surface area (Å²) < 4.78 is 5.35. The number of carbonyl (C=O) groups excluding carboxylic acids is 1. The second-order valence-electron chi connectivity index (χ2n) is 5.78. The van der Waals surface area contributed by atoms with Gasteiger partial charge in [-0.25, -0.2) is 0 Å². The first-order valence-electron chi connectivity index (χ1n) is 8.56. The van der Waals surface area contributed by atoms with E-state index in [9.17, 15) is 4.79 Å². The first kappa shape index (κ1) is 18.7. The van der Waals surface area contributed by atoms with Gasteiger partial charge in [-0.2, -0.15) is 0 Å². The Morgan fingerprint density at radius 2 is 1.93 bits per heavy atom. The Balaban J connectivity index is 1.87. The molecule has 0 fully saturated rings. The molecule has 0 spiro atoms. The van der Waals surface area contributed by atoms with Gasteiger partial charge in [0.05, 0.1) is 12.8 Å². The molecule has 6 heteroatoms. The number of halogens is 1. The van der Waals surface area contributed by atoms with Crippen molar-refractivity contribution >= 4 is 34.6 Å².